The fourth-order valence-corrected chi connectivity index (χ4v) is 6.16. The van der Waals surface area contributed by atoms with Gasteiger partial charge in [0.2, 0.25) is 0 Å². The van der Waals surface area contributed by atoms with Crippen molar-refractivity contribution in [3.8, 4) is 0 Å². The number of Topliss-reactive ketones (excluding diaryl/α,β-unsaturated/α-hetero) is 1. The summed E-state index contributed by atoms with van der Waals surface area (Å²) in [6, 6.07) is 2.45. The first-order valence-electron chi connectivity index (χ1n) is 9.20. The lowest BCUT2D eigenvalue weighted by atomic mass is 9.69. The highest BCUT2D eigenvalue weighted by molar-refractivity contribution is 7.95. The van der Waals surface area contributed by atoms with Crippen LogP contribution in [0.1, 0.15) is 50.2 Å². The van der Waals surface area contributed by atoms with Crippen LogP contribution < -0.4 is 5.32 Å². The molecule has 29 heavy (non-hydrogen) atoms. The minimum Gasteiger partial charge on any atom is -0.361 e. The third-order valence-corrected chi connectivity index (χ3v) is 7.81. The first kappa shape index (κ1) is 20.1. The Labute approximate surface area is 165 Å². The number of benzene rings is 1. The van der Waals surface area contributed by atoms with Gasteiger partial charge in [-0.2, -0.15) is 13.2 Å². The molecular formula is C20H19F4NO3S. The van der Waals surface area contributed by atoms with E-state index in [-0.39, 0.29) is 34.0 Å². The van der Waals surface area contributed by atoms with Crippen molar-refractivity contribution >= 4 is 15.6 Å². The van der Waals surface area contributed by atoms with Crippen LogP contribution in [0.2, 0.25) is 0 Å². The Morgan fingerprint density at radius 2 is 1.83 bits per heavy atom. The number of nitrogens with one attached hydrogen (secondary N) is 1. The van der Waals surface area contributed by atoms with Crippen molar-refractivity contribution in [1.29, 1.82) is 0 Å². The Kier molecular flexibility index (Phi) is 4.28. The number of sulfone groups is 1. The first-order chi connectivity index (χ1) is 13.3. The second-order valence-corrected chi connectivity index (χ2v) is 10.4. The zero-order valence-corrected chi connectivity index (χ0v) is 16.6. The zero-order valence-electron chi connectivity index (χ0n) is 15.8. The molecule has 1 aromatic carbocycles. The van der Waals surface area contributed by atoms with Gasteiger partial charge >= 0.3 is 6.18 Å². The standard InChI is InChI=1S/C20H19F4NO3S/c1-19(2)7-5-13-16(18(19)26)15(17-14(25-13)6-8-29(17,27)28)10-3-4-12(21)11(9-10)20(22,23)24/h3-4,9,15,25H,5-8H2,1-2H3. The number of dihydropyridines is 1. The topological polar surface area (TPSA) is 63.2 Å². The normalized spacial score (nSPS) is 25.6. The summed E-state index contributed by atoms with van der Waals surface area (Å²) in [7, 11) is -3.76. The van der Waals surface area contributed by atoms with E-state index in [1.807, 2.05) is 0 Å². The predicted molar refractivity (Wildman–Crippen MR) is 97.8 cm³/mol. The molecule has 1 unspecified atom stereocenters. The number of allylic oxidation sites excluding steroid dienone is 4. The van der Waals surface area contributed by atoms with E-state index in [0.717, 1.165) is 6.07 Å². The smallest absolute Gasteiger partial charge is 0.361 e. The van der Waals surface area contributed by atoms with E-state index in [4.69, 9.17) is 0 Å². The highest BCUT2D eigenvalue weighted by Crippen LogP contribution is 2.51. The SMILES string of the molecule is CC1(C)CCC2=C(C1=O)C(c1ccc(F)c(C(F)(F)F)c1)C1=C(CCS1(=O)=O)N2. The van der Waals surface area contributed by atoms with Crippen LogP contribution in [-0.4, -0.2) is 20.0 Å². The van der Waals surface area contributed by atoms with Crippen LogP contribution in [0.3, 0.4) is 0 Å². The van der Waals surface area contributed by atoms with Crippen LogP contribution >= 0.6 is 0 Å². The van der Waals surface area contributed by atoms with E-state index in [1.54, 1.807) is 13.8 Å². The second-order valence-electron chi connectivity index (χ2n) is 8.31. The van der Waals surface area contributed by atoms with Gasteiger partial charge < -0.3 is 5.32 Å². The third kappa shape index (κ3) is 3.10. The number of hydrogen-bond donors (Lipinski definition) is 1. The van der Waals surface area contributed by atoms with Gasteiger partial charge in [-0.1, -0.05) is 19.9 Å². The van der Waals surface area contributed by atoms with Crippen molar-refractivity contribution in [1.82, 2.24) is 5.32 Å². The average molecular weight is 429 g/mol. The molecule has 0 bridgehead atoms. The second kappa shape index (κ2) is 6.17. The summed E-state index contributed by atoms with van der Waals surface area (Å²) in [5.41, 5.74) is -1.16. The van der Waals surface area contributed by atoms with Gasteiger partial charge in [0.15, 0.2) is 15.6 Å². The van der Waals surface area contributed by atoms with E-state index in [2.05, 4.69) is 5.32 Å². The summed E-state index contributed by atoms with van der Waals surface area (Å²) >= 11 is 0. The Balaban J connectivity index is 1.98. The summed E-state index contributed by atoms with van der Waals surface area (Å²) in [4.78, 5) is 13.1. The molecule has 1 aromatic rings. The van der Waals surface area contributed by atoms with E-state index < -0.39 is 38.7 Å². The summed E-state index contributed by atoms with van der Waals surface area (Å²) in [6.45, 7) is 3.46. The fourth-order valence-electron chi connectivity index (χ4n) is 4.33. The van der Waals surface area contributed by atoms with Crippen LogP contribution in [0.5, 0.6) is 0 Å². The van der Waals surface area contributed by atoms with Gasteiger partial charge in [-0.25, -0.2) is 12.8 Å². The Morgan fingerprint density at radius 1 is 1.14 bits per heavy atom. The monoisotopic (exact) mass is 429 g/mol. The number of carbonyl (C=O) groups is 1. The summed E-state index contributed by atoms with van der Waals surface area (Å²) in [5, 5.41) is 3.06. The maximum atomic E-state index is 13.8. The van der Waals surface area contributed by atoms with Crippen molar-refractivity contribution in [2.24, 2.45) is 5.41 Å². The molecule has 0 amide bonds. The fraction of sp³-hybridized carbons (Fsp3) is 0.450. The summed E-state index contributed by atoms with van der Waals surface area (Å²) < 4.78 is 79.2. The largest absolute Gasteiger partial charge is 0.419 e. The van der Waals surface area contributed by atoms with Crippen LogP contribution in [0, 0.1) is 11.2 Å². The van der Waals surface area contributed by atoms with Gasteiger partial charge in [-0.05, 0) is 30.5 Å². The molecule has 1 atom stereocenters. The molecule has 0 radical (unpaired) electrons. The van der Waals surface area contributed by atoms with Crippen LogP contribution in [0.15, 0.2) is 40.1 Å². The van der Waals surface area contributed by atoms with E-state index in [0.29, 0.717) is 36.4 Å². The predicted octanol–water partition coefficient (Wildman–Crippen LogP) is 4.20. The van der Waals surface area contributed by atoms with Crippen LogP contribution in [-0.2, 0) is 20.8 Å². The Morgan fingerprint density at radius 3 is 2.48 bits per heavy atom. The lowest BCUT2D eigenvalue weighted by Gasteiger charge is -2.39. The van der Waals surface area contributed by atoms with Gasteiger partial charge in [-0.3, -0.25) is 4.79 Å². The molecule has 0 saturated carbocycles. The van der Waals surface area contributed by atoms with Crippen LogP contribution in [0.4, 0.5) is 17.6 Å². The minimum absolute atomic E-state index is 0.0447. The molecule has 9 heteroatoms. The molecule has 0 aromatic heterocycles. The molecule has 156 valence electrons. The summed E-state index contributed by atoms with van der Waals surface area (Å²) in [5.74, 6) is -3.08. The van der Waals surface area contributed by atoms with E-state index >= 15 is 0 Å². The first-order valence-corrected chi connectivity index (χ1v) is 10.9. The maximum absolute atomic E-state index is 13.8. The molecule has 4 nitrogen and oxygen atoms in total. The molecule has 3 aliphatic rings. The van der Waals surface area contributed by atoms with E-state index in [1.165, 1.54) is 0 Å². The van der Waals surface area contributed by atoms with Crippen molar-refractivity contribution in [3.63, 3.8) is 0 Å². The molecule has 1 aliphatic carbocycles. The number of carbonyl (C=O) groups excluding carboxylic acids is 1. The highest BCUT2D eigenvalue weighted by atomic mass is 32.2. The zero-order chi connectivity index (χ0) is 21.4. The molecule has 4 rings (SSSR count). The molecule has 0 saturated heterocycles. The minimum atomic E-state index is -4.94. The molecule has 2 heterocycles. The highest BCUT2D eigenvalue weighted by Gasteiger charge is 2.49. The molecule has 0 fully saturated rings. The third-order valence-electron chi connectivity index (χ3n) is 5.92. The van der Waals surface area contributed by atoms with Gasteiger partial charge in [0.05, 0.1) is 22.1 Å². The average Bonchev–Trinajstić information content (AvgIpc) is 2.91. The lowest BCUT2D eigenvalue weighted by molar-refractivity contribution is -0.140. The van der Waals surface area contributed by atoms with Crippen molar-refractivity contribution < 1.29 is 30.8 Å². The van der Waals surface area contributed by atoms with Gasteiger partial charge in [-0.15, -0.1) is 0 Å². The number of halogens is 4. The Bertz CT molecular complexity index is 1100. The van der Waals surface area contributed by atoms with Crippen molar-refractivity contribution in [3.05, 3.63) is 57.0 Å². The number of alkyl halides is 3. The molecular weight excluding hydrogens is 410 g/mol. The molecule has 1 N–H and O–H groups in total. The molecule has 2 aliphatic heterocycles. The van der Waals surface area contributed by atoms with Crippen molar-refractivity contribution in [2.75, 3.05) is 5.75 Å². The van der Waals surface area contributed by atoms with E-state index in [9.17, 15) is 30.8 Å². The maximum Gasteiger partial charge on any atom is 0.419 e. The van der Waals surface area contributed by atoms with Crippen molar-refractivity contribution in [2.45, 2.75) is 45.2 Å². The Hall–Kier alpha value is -2.16. The molecule has 0 spiro atoms. The van der Waals surface area contributed by atoms with Gasteiger partial charge in [0.25, 0.3) is 0 Å². The number of hydrogen-bond acceptors (Lipinski definition) is 4. The quantitative estimate of drug-likeness (QED) is 0.680. The lowest BCUT2D eigenvalue weighted by Crippen LogP contribution is -2.39. The van der Waals surface area contributed by atoms with Gasteiger partial charge in [0.1, 0.15) is 5.82 Å². The number of rotatable bonds is 1. The van der Waals surface area contributed by atoms with Gasteiger partial charge in [0, 0.05) is 28.8 Å². The number of ketones is 1. The summed E-state index contributed by atoms with van der Waals surface area (Å²) in [6.07, 6.45) is -3.71. The van der Waals surface area contributed by atoms with Crippen LogP contribution in [0.25, 0.3) is 0 Å².